The van der Waals surface area contributed by atoms with Crippen LogP contribution in [0.25, 0.3) is 10.6 Å². The van der Waals surface area contributed by atoms with Crippen LogP contribution in [0, 0.1) is 12.8 Å². The number of hydrogen-bond acceptors (Lipinski definition) is 6. The zero-order chi connectivity index (χ0) is 21.3. The molecule has 8 heteroatoms. The third-order valence-corrected chi connectivity index (χ3v) is 5.83. The van der Waals surface area contributed by atoms with Crippen LogP contribution < -0.4 is 4.74 Å². The Morgan fingerprint density at radius 1 is 1.23 bits per heavy atom. The average Bonchev–Trinajstić information content (AvgIpc) is 3.28. The van der Waals surface area contributed by atoms with E-state index in [-0.39, 0.29) is 11.5 Å². The summed E-state index contributed by atoms with van der Waals surface area (Å²) in [6.45, 7) is 5.03. The molecule has 1 aliphatic heterocycles. The van der Waals surface area contributed by atoms with Crippen LogP contribution in [-0.2, 0) is 11.3 Å². The number of hydrogen-bond donors (Lipinski definition) is 1. The van der Waals surface area contributed by atoms with E-state index in [0.29, 0.717) is 36.9 Å². The Balaban J connectivity index is 1.59. The van der Waals surface area contributed by atoms with Crippen molar-refractivity contribution < 1.29 is 19.4 Å². The SMILES string of the molecule is Cc1nnc(-c2ccc(Oc3cc(C(=O)O)ccc3CN3C[C@@H](C)CC3=O)cc2)s1. The van der Waals surface area contributed by atoms with Gasteiger partial charge in [0, 0.05) is 30.6 Å². The van der Waals surface area contributed by atoms with Crippen molar-refractivity contribution in [1.82, 2.24) is 15.1 Å². The molecule has 3 aromatic rings. The molecule has 2 aromatic carbocycles. The number of rotatable bonds is 6. The van der Waals surface area contributed by atoms with Gasteiger partial charge in [-0.15, -0.1) is 10.2 Å². The van der Waals surface area contributed by atoms with Crippen LogP contribution in [0.4, 0.5) is 0 Å². The number of benzene rings is 2. The number of likely N-dealkylation sites (tertiary alicyclic amines) is 1. The summed E-state index contributed by atoms with van der Waals surface area (Å²) in [5, 5.41) is 19.3. The molecule has 0 bridgehead atoms. The molecular formula is C22H21N3O4S. The molecule has 154 valence electrons. The predicted octanol–water partition coefficient (Wildman–Crippen LogP) is 4.37. The maximum absolute atomic E-state index is 12.2. The number of carbonyl (C=O) groups excluding carboxylic acids is 1. The maximum atomic E-state index is 12.2. The van der Waals surface area contributed by atoms with E-state index in [1.807, 2.05) is 38.1 Å². The molecule has 0 aliphatic carbocycles. The molecule has 1 amide bonds. The van der Waals surface area contributed by atoms with Crippen molar-refractivity contribution in [3.63, 3.8) is 0 Å². The lowest BCUT2D eigenvalue weighted by atomic mass is 10.1. The van der Waals surface area contributed by atoms with Crippen LogP contribution >= 0.6 is 11.3 Å². The summed E-state index contributed by atoms with van der Waals surface area (Å²) in [4.78, 5) is 25.4. The van der Waals surface area contributed by atoms with Crippen molar-refractivity contribution in [2.45, 2.75) is 26.8 Å². The van der Waals surface area contributed by atoms with Crippen LogP contribution in [0.1, 0.15) is 34.3 Å². The highest BCUT2D eigenvalue weighted by molar-refractivity contribution is 7.14. The second-order valence-corrected chi connectivity index (χ2v) is 8.65. The fourth-order valence-corrected chi connectivity index (χ4v) is 4.14. The number of amides is 1. The van der Waals surface area contributed by atoms with Gasteiger partial charge in [0.15, 0.2) is 0 Å². The van der Waals surface area contributed by atoms with Crippen molar-refractivity contribution in [3.05, 3.63) is 58.6 Å². The highest BCUT2D eigenvalue weighted by Crippen LogP contribution is 2.31. The first-order chi connectivity index (χ1) is 14.4. The van der Waals surface area contributed by atoms with E-state index in [2.05, 4.69) is 10.2 Å². The molecule has 1 saturated heterocycles. The van der Waals surface area contributed by atoms with Gasteiger partial charge in [0.25, 0.3) is 0 Å². The Morgan fingerprint density at radius 3 is 2.60 bits per heavy atom. The number of nitrogens with zero attached hydrogens (tertiary/aromatic N) is 3. The predicted molar refractivity (Wildman–Crippen MR) is 113 cm³/mol. The quantitative estimate of drug-likeness (QED) is 0.633. The molecular weight excluding hydrogens is 402 g/mol. The number of carbonyl (C=O) groups is 2. The van der Waals surface area contributed by atoms with E-state index in [4.69, 9.17) is 4.74 Å². The smallest absolute Gasteiger partial charge is 0.335 e. The summed E-state index contributed by atoms with van der Waals surface area (Å²) in [5.74, 6) is 0.398. The van der Waals surface area contributed by atoms with Gasteiger partial charge in [-0.1, -0.05) is 24.3 Å². The maximum Gasteiger partial charge on any atom is 0.335 e. The molecule has 1 N–H and O–H groups in total. The lowest BCUT2D eigenvalue weighted by Crippen LogP contribution is -2.24. The van der Waals surface area contributed by atoms with Gasteiger partial charge in [-0.2, -0.15) is 0 Å². The van der Waals surface area contributed by atoms with Gasteiger partial charge in [0.2, 0.25) is 5.91 Å². The molecule has 0 radical (unpaired) electrons. The van der Waals surface area contributed by atoms with E-state index >= 15 is 0 Å². The number of aryl methyl sites for hydroxylation is 1. The zero-order valence-corrected chi connectivity index (χ0v) is 17.5. The van der Waals surface area contributed by atoms with E-state index in [1.165, 1.54) is 23.5 Å². The van der Waals surface area contributed by atoms with E-state index < -0.39 is 5.97 Å². The lowest BCUT2D eigenvalue weighted by Gasteiger charge is -2.19. The minimum atomic E-state index is -1.03. The molecule has 0 spiro atoms. The molecule has 2 heterocycles. The summed E-state index contributed by atoms with van der Waals surface area (Å²) in [5.41, 5.74) is 1.84. The Bertz CT molecular complexity index is 1090. The topological polar surface area (TPSA) is 92.6 Å². The Hall–Kier alpha value is -3.26. The first-order valence-electron chi connectivity index (χ1n) is 9.61. The van der Waals surface area contributed by atoms with Crippen molar-refractivity contribution >= 4 is 23.2 Å². The van der Waals surface area contributed by atoms with E-state index in [1.54, 1.807) is 11.0 Å². The van der Waals surface area contributed by atoms with Crippen molar-refractivity contribution in [1.29, 1.82) is 0 Å². The normalized spacial score (nSPS) is 16.1. The van der Waals surface area contributed by atoms with Crippen LogP contribution in [0.2, 0.25) is 0 Å². The fraction of sp³-hybridized carbons (Fsp3) is 0.273. The fourth-order valence-electron chi connectivity index (χ4n) is 3.45. The molecule has 4 rings (SSSR count). The lowest BCUT2D eigenvalue weighted by molar-refractivity contribution is -0.128. The van der Waals surface area contributed by atoms with Crippen molar-refractivity contribution in [2.75, 3.05) is 6.54 Å². The first kappa shape index (κ1) is 20.0. The van der Waals surface area contributed by atoms with Crippen LogP contribution in [0.15, 0.2) is 42.5 Å². The molecule has 1 aromatic heterocycles. The van der Waals surface area contributed by atoms with E-state index in [9.17, 15) is 14.7 Å². The molecule has 0 saturated carbocycles. The Kier molecular flexibility index (Phi) is 5.50. The largest absolute Gasteiger partial charge is 0.478 e. The van der Waals surface area contributed by atoms with Gasteiger partial charge in [0.1, 0.15) is 21.5 Å². The summed E-state index contributed by atoms with van der Waals surface area (Å²) in [6, 6.07) is 12.2. The number of carboxylic acid groups (broad SMARTS) is 1. The van der Waals surface area contributed by atoms with Crippen LogP contribution in [-0.4, -0.2) is 38.6 Å². The highest BCUT2D eigenvalue weighted by Gasteiger charge is 2.27. The second-order valence-electron chi connectivity index (χ2n) is 7.46. The van der Waals surface area contributed by atoms with Gasteiger partial charge in [-0.3, -0.25) is 4.79 Å². The monoisotopic (exact) mass is 423 g/mol. The highest BCUT2D eigenvalue weighted by atomic mass is 32.1. The average molecular weight is 423 g/mol. The summed E-state index contributed by atoms with van der Waals surface area (Å²) in [6.07, 6.45) is 0.538. The first-order valence-corrected chi connectivity index (χ1v) is 10.4. The minimum Gasteiger partial charge on any atom is -0.478 e. The number of ether oxygens (including phenoxy) is 1. The molecule has 0 unspecified atom stereocenters. The standard InChI is InChI=1S/C22H21N3O4S/c1-13-9-20(26)25(11-13)12-17-4-3-16(22(27)28)10-19(17)29-18-7-5-15(6-8-18)21-24-23-14(2)30-21/h3-8,10,13H,9,11-12H2,1-2H3,(H,27,28)/t13-/m0/s1. The molecule has 30 heavy (non-hydrogen) atoms. The summed E-state index contributed by atoms with van der Waals surface area (Å²) < 4.78 is 6.03. The minimum absolute atomic E-state index is 0.104. The van der Waals surface area contributed by atoms with Gasteiger partial charge in [-0.25, -0.2) is 4.79 Å². The van der Waals surface area contributed by atoms with Crippen LogP contribution in [0.3, 0.4) is 0 Å². The van der Waals surface area contributed by atoms with Crippen molar-refractivity contribution in [2.24, 2.45) is 5.92 Å². The molecule has 1 aliphatic rings. The molecule has 7 nitrogen and oxygen atoms in total. The van der Waals surface area contributed by atoms with Crippen LogP contribution in [0.5, 0.6) is 11.5 Å². The second kappa shape index (κ2) is 8.23. The molecule has 1 fully saturated rings. The Morgan fingerprint density at radius 2 is 2.00 bits per heavy atom. The van der Waals surface area contributed by atoms with E-state index in [0.717, 1.165) is 21.1 Å². The van der Waals surface area contributed by atoms with Crippen molar-refractivity contribution in [3.8, 4) is 22.1 Å². The third-order valence-electron chi connectivity index (χ3n) is 4.94. The van der Waals surface area contributed by atoms with Gasteiger partial charge >= 0.3 is 5.97 Å². The van der Waals surface area contributed by atoms with Gasteiger partial charge in [-0.05, 0) is 49.2 Å². The number of carboxylic acids is 1. The summed E-state index contributed by atoms with van der Waals surface area (Å²) >= 11 is 1.51. The molecule has 1 atom stereocenters. The third kappa shape index (κ3) is 4.33. The number of aromatic nitrogens is 2. The zero-order valence-electron chi connectivity index (χ0n) is 16.7. The van der Waals surface area contributed by atoms with Gasteiger partial charge in [0.05, 0.1) is 5.56 Å². The number of aromatic carboxylic acids is 1. The summed E-state index contributed by atoms with van der Waals surface area (Å²) in [7, 11) is 0. The Labute approximate surface area is 177 Å². The van der Waals surface area contributed by atoms with Gasteiger partial charge < -0.3 is 14.7 Å².